The molecule has 9 nitrogen and oxygen atoms in total. The molecule has 2 aliphatic carbocycles. The topological polar surface area (TPSA) is 103 Å². The number of urea groups is 1. The smallest absolute Gasteiger partial charge is 0.332 e. The number of nitrogens with one attached hydrogen (secondary N) is 1. The average molecular weight is 651 g/mol. The van der Waals surface area contributed by atoms with Gasteiger partial charge in [0.15, 0.2) is 11.3 Å². The maximum Gasteiger partial charge on any atom is 0.332 e. The molecule has 0 aliphatic heterocycles. The summed E-state index contributed by atoms with van der Waals surface area (Å²) in [5.41, 5.74) is -1.64. The van der Waals surface area contributed by atoms with E-state index in [1.807, 2.05) is 45.9 Å². The molecule has 0 radical (unpaired) electrons. The number of hydrogen-bond donors (Lipinski definition) is 1. The van der Waals surface area contributed by atoms with Crippen LogP contribution in [0.5, 0.6) is 0 Å². The molecule has 1 fully saturated rings. The van der Waals surface area contributed by atoms with Crippen molar-refractivity contribution in [3.63, 3.8) is 0 Å². The summed E-state index contributed by atoms with van der Waals surface area (Å²) < 4.78 is 51.8. The Kier molecular flexibility index (Phi) is 13.8. The summed E-state index contributed by atoms with van der Waals surface area (Å²) in [5.74, 6) is -3.81. The lowest BCUT2D eigenvalue weighted by atomic mass is 9.73. The molecule has 2 amide bonds. The number of allylic oxidation sites excluding steroid dienone is 5. The minimum Gasteiger partial charge on any atom is -0.497 e. The van der Waals surface area contributed by atoms with Crippen molar-refractivity contribution in [3.05, 3.63) is 59.6 Å². The van der Waals surface area contributed by atoms with Crippen LogP contribution in [0.15, 0.2) is 59.6 Å². The summed E-state index contributed by atoms with van der Waals surface area (Å²) in [6.07, 6.45) is 7.32. The van der Waals surface area contributed by atoms with Gasteiger partial charge in [-0.25, -0.2) is 18.4 Å². The van der Waals surface area contributed by atoms with Crippen LogP contribution in [-0.4, -0.2) is 78.3 Å². The summed E-state index contributed by atoms with van der Waals surface area (Å²) in [6.45, 7) is 20.2. The number of rotatable bonds is 16. The third-order valence-corrected chi connectivity index (χ3v) is 7.80. The normalized spacial score (nSPS) is 20.6. The second-order valence-corrected chi connectivity index (χ2v) is 12.7. The van der Waals surface area contributed by atoms with Crippen LogP contribution in [0.25, 0.3) is 0 Å². The van der Waals surface area contributed by atoms with Gasteiger partial charge in [-0.2, -0.15) is 0 Å². The number of nitrogens with zero attached hydrogens (tertiary/aromatic N) is 1. The molecule has 0 bridgehead atoms. The molecule has 1 unspecified atom stereocenters. The standard InChI is InChI=1S/C35H52F2N2O7/c1-11-15-16-26(12-2)25(7)45-18-17-39(32(42)38-34(21-35(36,37)22-34)31(41)46-33(8,9)10)23(5)27-19-28(43-13-3)30(24(6)40)29(20-27)44-14-4/h11-12,15-16,19,23,25,27H,2,13-14,17-18,20-22H2,1,3-10H3,(H,38,42)/b15-11-,26-16+/t23-,25+,27?/m1/s1. The fraction of sp³-hybridized carbons (Fsp3) is 0.629. The van der Waals surface area contributed by atoms with E-state index < -0.39 is 47.9 Å². The molecule has 0 heterocycles. The van der Waals surface area contributed by atoms with E-state index in [0.717, 1.165) is 5.57 Å². The van der Waals surface area contributed by atoms with E-state index in [1.165, 1.54) is 11.8 Å². The van der Waals surface area contributed by atoms with Crippen LogP contribution >= 0.6 is 0 Å². The van der Waals surface area contributed by atoms with Crippen molar-refractivity contribution in [2.24, 2.45) is 5.92 Å². The first kappa shape index (κ1) is 38.7. The quantitative estimate of drug-likeness (QED) is 0.145. The van der Waals surface area contributed by atoms with Crippen molar-refractivity contribution in [3.8, 4) is 0 Å². The van der Waals surface area contributed by atoms with Crippen LogP contribution in [0, 0.1) is 5.92 Å². The molecule has 46 heavy (non-hydrogen) atoms. The van der Waals surface area contributed by atoms with Gasteiger partial charge in [0, 0.05) is 37.8 Å². The van der Waals surface area contributed by atoms with Gasteiger partial charge in [0.1, 0.15) is 17.1 Å². The van der Waals surface area contributed by atoms with Gasteiger partial charge in [-0.05, 0) is 74.0 Å². The Labute approximate surface area is 272 Å². The van der Waals surface area contributed by atoms with Gasteiger partial charge in [-0.3, -0.25) is 4.79 Å². The third kappa shape index (κ3) is 10.3. The molecule has 1 N–H and O–H groups in total. The highest BCUT2D eigenvalue weighted by atomic mass is 19.3. The highest BCUT2D eigenvalue weighted by Gasteiger charge is 2.63. The van der Waals surface area contributed by atoms with Crippen molar-refractivity contribution < 1.29 is 42.1 Å². The molecule has 11 heteroatoms. The van der Waals surface area contributed by atoms with Gasteiger partial charge in [0.2, 0.25) is 0 Å². The lowest BCUT2D eigenvalue weighted by Gasteiger charge is -2.47. The Morgan fingerprint density at radius 3 is 2.28 bits per heavy atom. The number of halogens is 2. The number of alkyl halides is 2. The molecule has 0 aromatic carbocycles. The Morgan fingerprint density at radius 1 is 1.15 bits per heavy atom. The average Bonchev–Trinajstić information content (AvgIpc) is 2.93. The number of esters is 1. The van der Waals surface area contributed by atoms with Crippen LogP contribution in [0.4, 0.5) is 13.6 Å². The van der Waals surface area contributed by atoms with Crippen molar-refractivity contribution in [2.75, 3.05) is 26.4 Å². The number of amides is 2. The lowest BCUT2D eigenvalue weighted by molar-refractivity contribution is -0.190. The second-order valence-electron chi connectivity index (χ2n) is 12.7. The molecule has 0 aromatic rings. The minimum absolute atomic E-state index is 0.0632. The fourth-order valence-electron chi connectivity index (χ4n) is 5.54. The van der Waals surface area contributed by atoms with E-state index in [1.54, 1.807) is 39.8 Å². The van der Waals surface area contributed by atoms with Gasteiger partial charge in [-0.1, -0.05) is 30.9 Å². The van der Waals surface area contributed by atoms with E-state index in [-0.39, 0.29) is 31.0 Å². The molecule has 3 atom stereocenters. The van der Waals surface area contributed by atoms with Crippen molar-refractivity contribution in [2.45, 2.75) is 111 Å². The summed E-state index contributed by atoms with van der Waals surface area (Å²) in [5, 5.41) is 2.62. The summed E-state index contributed by atoms with van der Waals surface area (Å²) in [4.78, 5) is 41.3. The van der Waals surface area contributed by atoms with E-state index in [9.17, 15) is 23.2 Å². The Morgan fingerprint density at radius 2 is 1.78 bits per heavy atom. The Balaban J connectivity index is 2.46. The van der Waals surface area contributed by atoms with Gasteiger partial charge >= 0.3 is 12.0 Å². The molecule has 0 saturated heterocycles. The first-order valence-corrected chi connectivity index (χ1v) is 15.9. The highest BCUT2D eigenvalue weighted by Crippen LogP contribution is 2.47. The van der Waals surface area contributed by atoms with Gasteiger partial charge in [0.25, 0.3) is 5.92 Å². The maximum absolute atomic E-state index is 14.3. The lowest BCUT2D eigenvalue weighted by Crippen LogP contribution is -2.69. The van der Waals surface area contributed by atoms with Crippen molar-refractivity contribution in [1.29, 1.82) is 0 Å². The number of carbonyl (C=O) groups is 3. The van der Waals surface area contributed by atoms with Gasteiger partial charge < -0.3 is 29.2 Å². The SMILES string of the molecule is C=C/C(=C\C=C/C)[C@H](C)OCCN(C(=O)NC1(C(=O)OC(C)(C)C)CC(F)(F)C1)[C@H](C)C1C=C(OCC)C(C(C)=O)=C(OCC)C1. The number of carbonyl (C=O) groups excluding carboxylic acids is 3. The van der Waals surface area contributed by atoms with E-state index in [4.69, 9.17) is 18.9 Å². The van der Waals surface area contributed by atoms with E-state index in [0.29, 0.717) is 36.7 Å². The third-order valence-electron chi connectivity index (χ3n) is 7.80. The van der Waals surface area contributed by atoms with Gasteiger partial charge in [-0.15, -0.1) is 0 Å². The van der Waals surface area contributed by atoms with Crippen molar-refractivity contribution in [1.82, 2.24) is 10.2 Å². The highest BCUT2D eigenvalue weighted by molar-refractivity contribution is 5.98. The molecule has 2 rings (SSSR count). The zero-order valence-electron chi connectivity index (χ0n) is 28.8. The van der Waals surface area contributed by atoms with Crippen LogP contribution in [0.1, 0.15) is 81.6 Å². The first-order chi connectivity index (χ1) is 21.4. The molecule has 258 valence electrons. The van der Waals surface area contributed by atoms with E-state index in [2.05, 4.69) is 11.9 Å². The van der Waals surface area contributed by atoms with Crippen LogP contribution in [0.2, 0.25) is 0 Å². The predicted octanol–water partition coefficient (Wildman–Crippen LogP) is 6.81. The monoisotopic (exact) mass is 650 g/mol. The zero-order chi connectivity index (χ0) is 34.9. The Bertz CT molecular complexity index is 1240. The largest absolute Gasteiger partial charge is 0.497 e. The summed E-state index contributed by atoms with van der Waals surface area (Å²) in [7, 11) is 0. The van der Waals surface area contributed by atoms with Gasteiger partial charge in [0.05, 0.1) is 31.5 Å². The minimum atomic E-state index is -3.13. The predicted molar refractivity (Wildman–Crippen MR) is 173 cm³/mol. The van der Waals surface area contributed by atoms with Crippen LogP contribution in [-0.2, 0) is 28.5 Å². The molecular weight excluding hydrogens is 598 g/mol. The van der Waals surface area contributed by atoms with Crippen molar-refractivity contribution >= 4 is 17.8 Å². The summed E-state index contributed by atoms with van der Waals surface area (Å²) >= 11 is 0. The van der Waals surface area contributed by atoms with Crippen LogP contribution < -0.4 is 5.32 Å². The molecular formula is C35H52F2N2O7. The second kappa shape index (κ2) is 16.4. The maximum atomic E-state index is 14.3. The molecule has 0 spiro atoms. The fourth-order valence-corrected chi connectivity index (χ4v) is 5.54. The molecule has 1 saturated carbocycles. The molecule has 2 aliphatic rings. The van der Waals surface area contributed by atoms with Crippen LogP contribution in [0.3, 0.4) is 0 Å². The number of hydrogen-bond acceptors (Lipinski definition) is 7. The molecule has 0 aromatic heterocycles. The Hall–Kier alpha value is -3.47. The number of ketones is 1. The number of ether oxygens (including phenoxy) is 4. The number of Topliss-reactive ketones (excluding diaryl/α,β-unsaturated/α-hetero) is 1. The first-order valence-electron chi connectivity index (χ1n) is 15.9. The van der Waals surface area contributed by atoms with E-state index >= 15 is 0 Å². The summed E-state index contributed by atoms with van der Waals surface area (Å²) in [6, 6.07) is -1.28. The zero-order valence-corrected chi connectivity index (χ0v) is 28.8.